The number of rotatable bonds is 9. The molecule has 1 aliphatic rings. The van der Waals surface area contributed by atoms with E-state index < -0.39 is 10.0 Å². The molecule has 1 N–H and O–H groups in total. The first-order valence-electron chi connectivity index (χ1n) is 9.48. The Labute approximate surface area is 152 Å². The van der Waals surface area contributed by atoms with Crippen molar-refractivity contribution in [2.24, 2.45) is 0 Å². The Kier molecular flexibility index (Phi) is 8.03. The molecule has 1 saturated carbocycles. The fourth-order valence-corrected chi connectivity index (χ4v) is 4.32. The van der Waals surface area contributed by atoms with Gasteiger partial charge in [-0.15, -0.1) is 0 Å². The van der Waals surface area contributed by atoms with Crippen LogP contribution < -0.4 is 14.2 Å². The van der Waals surface area contributed by atoms with Crippen LogP contribution in [-0.4, -0.2) is 27.7 Å². The van der Waals surface area contributed by atoms with Crippen molar-refractivity contribution in [1.82, 2.24) is 4.72 Å². The molecule has 1 fully saturated rings. The maximum absolute atomic E-state index is 12.8. The summed E-state index contributed by atoms with van der Waals surface area (Å²) in [5.74, 6) is 1.10. The number of ether oxygens (including phenoxy) is 2. The van der Waals surface area contributed by atoms with E-state index in [1.807, 2.05) is 13.8 Å². The van der Waals surface area contributed by atoms with Gasteiger partial charge in [-0.05, 0) is 37.8 Å². The van der Waals surface area contributed by atoms with E-state index in [1.54, 1.807) is 18.2 Å². The molecule has 0 radical (unpaired) electrons. The van der Waals surface area contributed by atoms with Crippen molar-refractivity contribution in [2.45, 2.75) is 76.2 Å². The van der Waals surface area contributed by atoms with Gasteiger partial charge >= 0.3 is 0 Å². The number of hydrogen-bond donors (Lipinski definition) is 1. The molecule has 0 aliphatic heterocycles. The summed E-state index contributed by atoms with van der Waals surface area (Å²) in [5.41, 5.74) is 0. The van der Waals surface area contributed by atoms with Crippen molar-refractivity contribution in [3.63, 3.8) is 0 Å². The van der Waals surface area contributed by atoms with Crippen LogP contribution >= 0.6 is 0 Å². The molecule has 0 atom stereocenters. The van der Waals surface area contributed by atoms with E-state index >= 15 is 0 Å². The summed E-state index contributed by atoms with van der Waals surface area (Å²) in [7, 11) is -3.55. The first-order chi connectivity index (χ1) is 12.1. The lowest BCUT2D eigenvalue weighted by atomic mass is 10.1. The van der Waals surface area contributed by atoms with Crippen LogP contribution in [0.5, 0.6) is 11.5 Å². The van der Waals surface area contributed by atoms with Crippen LogP contribution in [0.3, 0.4) is 0 Å². The molecule has 1 aromatic rings. The minimum absolute atomic E-state index is 0.0310. The van der Waals surface area contributed by atoms with Gasteiger partial charge in [-0.1, -0.05) is 39.5 Å². The number of nitrogens with one attached hydrogen (secondary N) is 1. The van der Waals surface area contributed by atoms with E-state index in [1.165, 1.54) is 12.8 Å². The third-order valence-corrected chi connectivity index (χ3v) is 5.84. The Bertz CT molecular complexity index is 622. The SMILES string of the molecule is CCCOc1ccc(S(=O)(=O)NC2CCCCCC2)cc1OCCC. The third kappa shape index (κ3) is 6.19. The van der Waals surface area contributed by atoms with Crippen molar-refractivity contribution >= 4 is 10.0 Å². The van der Waals surface area contributed by atoms with Crippen LogP contribution in [0, 0.1) is 0 Å². The Balaban J connectivity index is 2.17. The molecule has 5 nitrogen and oxygen atoms in total. The van der Waals surface area contributed by atoms with Gasteiger partial charge in [0.15, 0.2) is 11.5 Å². The number of benzene rings is 1. The summed E-state index contributed by atoms with van der Waals surface area (Å²) in [6.07, 6.45) is 8.12. The monoisotopic (exact) mass is 369 g/mol. The first kappa shape index (κ1) is 20.0. The molecule has 0 aromatic heterocycles. The van der Waals surface area contributed by atoms with Crippen molar-refractivity contribution in [1.29, 1.82) is 0 Å². The fraction of sp³-hybridized carbons (Fsp3) is 0.684. The van der Waals surface area contributed by atoms with E-state index in [-0.39, 0.29) is 10.9 Å². The fourth-order valence-electron chi connectivity index (χ4n) is 3.00. The molecule has 0 amide bonds. The smallest absolute Gasteiger partial charge is 0.240 e. The van der Waals surface area contributed by atoms with Gasteiger partial charge in [0.2, 0.25) is 10.0 Å². The maximum atomic E-state index is 12.8. The predicted octanol–water partition coefficient (Wildman–Crippen LogP) is 4.27. The van der Waals surface area contributed by atoms with E-state index in [0.29, 0.717) is 24.7 Å². The summed E-state index contributed by atoms with van der Waals surface area (Å²) in [6, 6.07) is 4.91. The minimum Gasteiger partial charge on any atom is -0.490 e. The third-order valence-electron chi connectivity index (χ3n) is 4.33. The first-order valence-corrected chi connectivity index (χ1v) is 11.0. The topological polar surface area (TPSA) is 64.6 Å². The molecule has 25 heavy (non-hydrogen) atoms. The molecule has 1 aliphatic carbocycles. The molecule has 142 valence electrons. The van der Waals surface area contributed by atoms with Gasteiger partial charge < -0.3 is 9.47 Å². The highest BCUT2D eigenvalue weighted by molar-refractivity contribution is 7.89. The van der Waals surface area contributed by atoms with Crippen LogP contribution in [0.2, 0.25) is 0 Å². The van der Waals surface area contributed by atoms with Crippen LogP contribution in [-0.2, 0) is 10.0 Å². The van der Waals surface area contributed by atoms with E-state index in [4.69, 9.17) is 9.47 Å². The van der Waals surface area contributed by atoms with Crippen LogP contribution in [0.25, 0.3) is 0 Å². The number of sulfonamides is 1. The average molecular weight is 370 g/mol. The normalized spacial score (nSPS) is 16.4. The molecule has 1 aromatic carbocycles. The summed E-state index contributed by atoms with van der Waals surface area (Å²) in [6.45, 7) is 5.15. The lowest BCUT2D eigenvalue weighted by Gasteiger charge is -2.18. The zero-order valence-corrected chi connectivity index (χ0v) is 16.2. The minimum atomic E-state index is -3.55. The maximum Gasteiger partial charge on any atom is 0.240 e. The molecule has 2 rings (SSSR count). The van der Waals surface area contributed by atoms with E-state index in [2.05, 4.69) is 4.72 Å². The van der Waals surface area contributed by atoms with Crippen molar-refractivity contribution < 1.29 is 17.9 Å². The van der Waals surface area contributed by atoms with Crippen LogP contribution in [0.1, 0.15) is 65.2 Å². The molecule has 0 spiro atoms. The van der Waals surface area contributed by atoms with Gasteiger partial charge in [0.1, 0.15) is 0 Å². The second-order valence-electron chi connectivity index (χ2n) is 6.62. The van der Waals surface area contributed by atoms with Crippen molar-refractivity contribution in [3.8, 4) is 11.5 Å². The highest BCUT2D eigenvalue weighted by Crippen LogP contribution is 2.31. The molecular formula is C19H31NO4S. The van der Waals surface area contributed by atoms with Crippen LogP contribution in [0.15, 0.2) is 23.1 Å². The van der Waals surface area contributed by atoms with Gasteiger partial charge in [-0.25, -0.2) is 13.1 Å². The Morgan fingerprint density at radius 1 is 0.960 bits per heavy atom. The number of hydrogen-bond acceptors (Lipinski definition) is 4. The van der Waals surface area contributed by atoms with E-state index in [0.717, 1.165) is 38.5 Å². The van der Waals surface area contributed by atoms with Gasteiger partial charge in [-0.3, -0.25) is 0 Å². The standard InChI is InChI=1S/C19H31NO4S/c1-3-13-23-18-12-11-17(15-19(18)24-14-4-2)25(21,22)20-16-9-7-5-6-8-10-16/h11-12,15-16,20H,3-10,13-14H2,1-2H3. The van der Waals surface area contributed by atoms with Gasteiger partial charge in [-0.2, -0.15) is 0 Å². The van der Waals surface area contributed by atoms with Crippen LogP contribution in [0.4, 0.5) is 0 Å². The summed E-state index contributed by atoms with van der Waals surface area (Å²) >= 11 is 0. The largest absolute Gasteiger partial charge is 0.490 e. The Morgan fingerprint density at radius 2 is 1.56 bits per heavy atom. The van der Waals surface area contributed by atoms with E-state index in [9.17, 15) is 8.42 Å². The molecule has 0 unspecified atom stereocenters. The lowest BCUT2D eigenvalue weighted by molar-refractivity contribution is 0.267. The summed E-state index contributed by atoms with van der Waals surface area (Å²) < 4.78 is 39.8. The average Bonchev–Trinajstić information content (AvgIpc) is 2.86. The molecular weight excluding hydrogens is 338 g/mol. The van der Waals surface area contributed by atoms with Crippen molar-refractivity contribution in [2.75, 3.05) is 13.2 Å². The Hall–Kier alpha value is -1.27. The lowest BCUT2D eigenvalue weighted by Crippen LogP contribution is -2.34. The molecule has 6 heteroatoms. The molecule has 0 bridgehead atoms. The Morgan fingerprint density at radius 3 is 2.16 bits per heavy atom. The van der Waals surface area contributed by atoms with Gasteiger partial charge in [0, 0.05) is 12.1 Å². The van der Waals surface area contributed by atoms with Gasteiger partial charge in [0.05, 0.1) is 18.1 Å². The summed E-state index contributed by atoms with van der Waals surface area (Å²) in [5, 5.41) is 0. The summed E-state index contributed by atoms with van der Waals surface area (Å²) in [4.78, 5) is 0.242. The van der Waals surface area contributed by atoms with Gasteiger partial charge in [0.25, 0.3) is 0 Å². The highest BCUT2D eigenvalue weighted by Gasteiger charge is 2.22. The van der Waals surface area contributed by atoms with Crippen molar-refractivity contribution in [3.05, 3.63) is 18.2 Å². The zero-order chi connectivity index (χ0) is 18.1. The second-order valence-corrected chi connectivity index (χ2v) is 8.33. The highest BCUT2D eigenvalue weighted by atomic mass is 32.2. The zero-order valence-electron chi connectivity index (χ0n) is 15.4. The predicted molar refractivity (Wildman–Crippen MR) is 99.8 cm³/mol. The quantitative estimate of drug-likeness (QED) is 0.660. The molecule has 0 heterocycles. The molecule has 0 saturated heterocycles. The second kappa shape index (κ2) is 10.0.